The first kappa shape index (κ1) is 17.9. The summed E-state index contributed by atoms with van der Waals surface area (Å²) in [5.41, 5.74) is -0.761. The smallest absolute Gasteiger partial charge is 0.331 e. The van der Waals surface area contributed by atoms with E-state index in [0.717, 1.165) is 9.78 Å². The van der Waals surface area contributed by atoms with E-state index in [1.807, 2.05) is 35.7 Å². The van der Waals surface area contributed by atoms with Gasteiger partial charge in [0.1, 0.15) is 0 Å². The Balaban J connectivity index is 1.93. The number of nitrogens with zero attached hydrogens (tertiary/aromatic N) is 1. The first-order chi connectivity index (χ1) is 13.0. The molecule has 7 heteroatoms. The van der Waals surface area contributed by atoms with Crippen molar-refractivity contribution < 1.29 is 19.1 Å². The van der Waals surface area contributed by atoms with Crippen LogP contribution in [0.1, 0.15) is 23.4 Å². The molecule has 2 aliphatic rings. The number of amides is 2. The predicted octanol–water partition coefficient (Wildman–Crippen LogP) is 2.08. The number of ether oxygens (including phenoxy) is 1. The molecule has 2 saturated heterocycles. The molecule has 1 aromatic heterocycles. The molecule has 2 fully saturated rings. The van der Waals surface area contributed by atoms with Gasteiger partial charge in [-0.25, -0.2) is 4.79 Å². The number of carbonyl (C=O) groups excluding carboxylic acids is 3. The van der Waals surface area contributed by atoms with Gasteiger partial charge in [-0.3, -0.25) is 19.8 Å². The Morgan fingerprint density at radius 3 is 2.56 bits per heavy atom. The molecule has 140 valence electrons. The van der Waals surface area contributed by atoms with Crippen molar-refractivity contribution in [1.29, 1.82) is 0 Å². The highest BCUT2D eigenvalue weighted by Gasteiger charge is 2.69. The first-order valence-corrected chi connectivity index (χ1v) is 9.75. The number of imide groups is 1. The maximum Gasteiger partial charge on any atom is 0.331 e. The molecule has 0 saturated carbocycles. The Hall–Kier alpha value is -2.51. The zero-order chi connectivity index (χ0) is 19.2. The minimum Gasteiger partial charge on any atom is -0.464 e. The lowest BCUT2D eigenvalue weighted by molar-refractivity contribution is -0.156. The fraction of sp³-hybridized carbons (Fsp3) is 0.350. The molecule has 2 aliphatic heterocycles. The van der Waals surface area contributed by atoms with Crippen LogP contribution in [-0.4, -0.2) is 36.3 Å². The maximum absolute atomic E-state index is 13.2. The van der Waals surface area contributed by atoms with Gasteiger partial charge in [0.15, 0.2) is 5.54 Å². The van der Waals surface area contributed by atoms with Crippen LogP contribution in [0.25, 0.3) is 0 Å². The minimum absolute atomic E-state index is 0.189. The number of likely N-dealkylation sites (tertiary alicyclic amines) is 1. The third kappa shape index (κ3) is 2.45. The summed E-state index contributed by atoms with van der Waals surface area (Å²) >= 11 is 1.50. The molecule has 1 aromatic carbocycles. The van der Waals surface area contributed by atoms with Crippen molar-refractivity contribution in [2.45, 2.75) is 18.5 Å². The number of esters is 1. The number of rotatable bonds is 4. The highest BCUT2D eigenvalue weighted by Crippen LogP contribution is 2.53. The number of benzene rings is 1. The quantitative estimate of drug-likeness (QED) is 0.645. The average Bonchev–Trinajstić information content (AvgIpc) is 3.37. The molecule has 0 spiro atoms. The normalized spacial score (nSPS) is 29.9. The van der Waals surface area contributed by atoms with Crippen LogP contribution in [0.5, 0.6) is 0 Å². The van der Waals surface area contributed by atoms with E-state index in [1.54, 1.807) is 19.1 Å². The second kappa shape index (κ2) is 6.58. The lowest BCUT2D eigenvalue weighted by Gasteiger charge is -2.32. The van der Waals surface area contributed by atoms with Crippen LogP contribution in [0.3, 0.4) is 0 Å². The van der Waals surface area contributed by atoms with E-state index < -0.39 is 29.4 Å². The zero-order valence-corrected chi connectivity index (χ0v) is 15.9. The Bertz CT molecular complexity index is 883. The summed E-state index contributed by atoms with van der Waals surface area (Å²) < 4.78 is 5.40. The van der Waals surface area contributed by atoms with Crippen molar-refractivity contribution in [3.05, 3.63) is 58.3 Å². The molecule has 6 nitrogen and oxygen atoms in total. The maximum atomic E-state index is 13.2. The van der Waals surface area contributed by atoms with Crippen LogP contribution in [-0.2, 0) is 24.7 Å². The monoisotopic (exact) mass is 384 g/mol. The van der Waals surface area contributed by atoms with Gasteiger partial charge in [-0.1, -0.05) is 36.4 Å². The SMILES string of the molecule is CCOC(=O)[C@]1(c2ccccc2)N[C@H](c2cccs2)[C@H]2C(=O)N(C)C(=O)[C@@H]21. The van der Waals surface area contributed by atoms with E-state index in [-0.39, 0.29) is 18.4 Å². The van der Waals surface area contributed by atoms with Crippen molar-refractivity contribution >= 4 is 29.1 Å². The molecule has 3 heterocycles. The fourth-order valence-corrected chi connectivity index (χ4v) is 5.10. The number of nitrogens with one attached hydrogen (secondary N) is 1. The summed E-state index contributed by atoms with van der Waals surface area (Å²) in [7, 11) is 1.48. The van der Waals surface area contributed by atoms with Crippen molar-refractivity contribution in [3.63, 3.8) is 0 Å². The second-order valence-corrected chi connectivity index (χ2v) is 7.75. The van der Waals surface area contributed by atoms with E-state index in [9.17, 15) is 14.4 Å². The van der Waals surface area contributed by atoms with E-state index in [0.29, 0.717) is 5.56 Å². The summed E-state index contributed by atoms with van der Waals surface area (Å²) in [5.74, 6) is -2.64. The summed E-state index contributed by atoms with van der Waals surface area (Å²) in [6.45, 7) is 1.92. The van der Waals surface area contributed by atoms with Gasteiger partial charge >= 0.3 is 5.97 Å². The molecule has 0 radical (unpaired) electrons. The van der Waals surface area contributed by atoms with Gasteiger partial charge in [-0.2, -0.15) is 0 Å². The third-order valence-electron chi connectivity index (χ3n) is 5.46. The van der Waals surface area contributed by atoms with Crippen LogP contribution >= 0.6 is 11.3 Å². The van der Waals surface area contributed by atoms with Gasteiger partial charge in [0.25, 0.3) is 0 Å². The van der Waals surface area contributed by atoms with Crippen LogP contribution in [0, 0.1) is 11.8 Å². The van der Waals surface area contributed by atoms with Gasteiger partial charge in [-0.15, -0.1) is 11.3 Å². The third-order valence-corrected chi connectivity index (χ3v) is 6.41. The zero-order valence-electron chi connectivity index (χ0n) is 15.0. The fourth-order valence-electron chi connectivity index (χ4n) is 4.28. The van der Waals surface area contributed by atoms with E-state index >= 15 is 0 Å². The molecular weight excluding hydrogens is 364 g/mol. The van der Waals surface area contributed by atoms with E-state index in [4.69, 9.17) is 4.74 Å². The van der Waals surface area contributed by atoms with Crippen molar-refractivity contribution in [3.8, 4) is 0 Å². The second-order valence-electron chi connectivity index (χ2n) is 6.77. The summed E-state index contributed by atoms with van der Waals surface area (Å²) in [6, 6.07) is 12.5. The number of carbonyl (C=O) groups is 3. The summed E-state index contributed by atoms with van der Waals surface area (Å²) in [4.78, 5) is 41.3. The first-order valence-electron chi connectivity index (χ1n) is 8.87. The highest BCUT2D eigenvalue weighted by atomic mass is 32.1. The Morgan fingerprint density at radius 2 is 1.93 bits per heavy atom. The number of thiophene rings is 1. The molecule has 27 heavy (non-hydrogen) atoms. The molecule has 0 aliphatic carbocycles. The van der Waals surface area contributed by atoms with Crippen molar-refractivity contribution in [1.82, 2.24) is 10.2 Å². The predicted molar refractivity (Wildman–Crippen MR) is 99.7 cm³/mol. The van der Waals surface area contributed by atoms with Gasteiger partial charge in [0.2, 0.25) is 11.8 Å². The Morgan fingerprint density at radius 1 is 1.19 bits per heavy atom. The minimum atomic E-state index is -1.39. The van der Waals surface area contributed by atoms with Crippen LogP contribution in [0.15, 0.2) is 47.8 Å². The Kier molecular flexibility index (Phi) is 4.36. The van der Waals surface area contributed by atoms with E-state index in [1.165, 1.54) is 18.4 Å². The number of hydrogen-bond donors (Lipinski definition) is 1. The largest absolute Gasteiger partial charge is 0.464 e. The number of fused-ring (bicyclic) bond motifs is 1. The van der Waals surface area contributed by atoms with Crippen LogP contribution < -0.4 is 5.32 Å². The van der Waals surface area contributed by atoms with Gasteiger partial charge in [-0.05, 0) is 23.9 Å². The van der Waals surface area contributed by atoms with Crippen molar-refractivity contribution in [2.75, 3.05) is 13.7 Å². The van der Waals surface area contributed by atoms with Crippen LogP contribution in [0.2, 0.25) is 0 Å². The van der Waals surface area contributed by atoms with Gasteiger partial charge in [0.05, 0.1) is 24.5 Å². The average molecular weight is 384 g/mol. The molecule has 4 rings (SSSR count). The van der Waals surface area contributed by atoms with Gasteiger partial charge < -0.3 is 4.74 Å². The molecular formula is C20H20N2O4S. The van der Waals surface area contributed by atoms with E-state index in [2.05, 4.69) is 5.32 Å². The van der Waals surface area contributed by atoms with Gasteiger partial charge in [0, 0.05) is 11.9 Å². The topological polar surface area (TPSA) is 75.7 Å². The standard InChI is InChI=1S/C20H20N2O4S/c1-3-26-19(25)20(12-8-5-4-6-9-12)15-14(17(23)22(2)18(15)24)16(21-20)13-10-7-11-27-13/h4-11,14-16,21H,3H2,1-2H3/t14-,15+,16+,20+/m0/s1. The lowest BCUT2D eigenvalue weighted by atomic mass is 9.75. The summed E-state index contributed by atoms with van der Waals surface area (Å²) in [6.07, 6.45) is 0. The Labute approximate surface area is 161 Å². The number of hydrogen-bond acceptors (Lipinski definition) is 6. The molecule has 4 atom stereocenters. The summed E-state index contributed by atoms with van der Waals surface area (Å²) in [5, 5.41) is 5.28. The lowest BCUT2D eigenvalue weighted by Crippen LogP contribution is -2.53. The molecule has 0 bridgehead atoms. The highest BCUT2D eigenvalue weighted by molar-refractivity contribution is 7.10. The molecule has 2 amide bonds. The van der Waals surface area contributed by atoms with Crippen molar-refractivity contribution in [2.24, 2.45) is 11.8 Å². The molecule has 0 unspecified atom stereocenters. The molecule has 1 N–H and O–H groups in total. The van der Waals surface area contributed by atoms with Crippen LogP contribution in [0.4, 0.5) is 0 Å². The molecule has 2 aromatic rings.